The summed E-state index contributed by atoms with van der Waals surface area (Å²) in [7, 11) is 3.25. The van der Waals surface area contributed by atoms with Crippen LogP contribution in [0, 0.1) is 0 Å². The molecule has 0 saturated heterocycles. The second-order valence-corrected chi connectivity index (χ2v) is 7.27. The third kappa shape index (κ3) is 7.47. The molecule has 0 aliphatic carbocycles. The molecule has 0 bridgehead atoms. The van der Waals surface area contributed by atoms with E-state index in [1.165, 1.54) is 0 Å². The molecule has 0 heterocycles. The minimum Gasteiger partial charge on any atom is -0.493 e. The van der Waals surface area contributed by atoms with Crippen LogP contribution in [-0.2, 0) is 14.3 Å². The lowest BCUT2D eigenvalue weighted by molar-refractivity contribution is -0.145. The van der Waals surface area contributed by atoms with Gasteiger partial charge in [0, 0.05) is 26.4 Å². The SMILES string of the molecule is COCCCOc1cc(C=NCC(=O)OC(c2ccccc2)c2ccccc2)ccc1OC. The molecule has 0 saturated carbocycles. The molecule has 0 aromatic heterocycles. The molecule has 0 unspecified atom stereocenters. The van der Waals surface area contributed by atoms with Crippen LogP contribution in [0.1, 0.15) is 29.2 Å². The van der Waals surface area contributed by atoms with Gasteiger partial charge in [0.2, 0.25) is 0 Å². The number of methoxy groups -OCH3 is 2. The summed E-state index contributed by atoms with van der Waals surface area (Å²) in [5.74, 6) is 0.847. The zero-order chi connectivity index (χ0) is 23.3. The Balaban J connectivity index is 1.63. The van der Waals surface area contributed by atoms with Gasteiger partial charge in [-0.2, -0.15) is 0 Å². The molecule has 3 aromatic rings. The lowest BCUT2D eigenvalue weighted by Crippen LogP contribution is -2.15. The van der Waals surface area contributed by atoms with Gasteiger partial charge in [-0.1, -0.05) is 60.7 Å². The molecule has 0 fully saturated rings. The predicted molar refractivity (Wildman–Crippen MR) is 128 cm³/mol. The van der Waals surface area contributed by atoms with Crippen LogP contribution in [0.2, 0.25) is 0 Å². The molecule has 6 nitrogen and oxygen atoms in total. The van der Waals surface area contributed by atoms with Crippen molar-refractivity contribution in [3.63, 3.8) is 0 Å². The highest BCUT2D eigenvalue weighted by molar-refractivity contribution is 5.83. The third-order valence-corrected chi connectivity index (χ3v) is 4.85. The van der Waals surface area contributed by atoms with Crippen molar-refractivity contribution in [2.45, 2.75) is 12.5 Å². The number of carbonyl (C=O) groups is 1. The third-order valence-electron chi connectivity index (χ3n) is 4.85. The molecule has 0 aliphatic heterocycles. The van der Waals surface area contributed by atoms with Crippen LogP contribution >= 0.6 is 0 Å². The fourth-order valence-corrected chi connectivity index (χ4v) is 3.25. The standard InChI is InChI=1S/C27H29NO5/c1-30-16-9-17-32-25-18-21(14-15-24(25)31-2)19-28-20-26(29)33-27(22-10-5-3-6-11-22)23-12-7-4-8-13-23/h3-8,10-15,18-19,27H,9,16-17,20H2,1-2H3. The molecule has 0 N–H and O–H groups in total. The van der Waals surface area contributed by atoms with Crippen molar-refractivity contribution in [3.8, 4) is 11.5 Å². The number of hydrogen-bond acceptors (Lipinski definition) is 6. The lowest BCUT2D eigenvalue weighted by atomic mass is 10.0. The van der Waals surface area contributed by atoms with Crippen molar-refractivity contribution in [2.24, 2.45) is 4.99 Å². The Morgan fingerprint density at radius 1 is 0.879 bits per heavy atom. The van der Waals surface area contributed by atoms with Gasteiger partial charge < -0.3 is 18.9 Å². The Labute approximate surface area is 194 Å². The Bertz CT molecular complexity index is 982. The number of aliphatic imine (C=N–C) groups is 1. The average molecular weight is 448 g/mol. The number of carbonyl (C=O) groups excluding carboxylic acids is 1. The molecule has 6 heteroatoms. The highest BCUT2D eigenvalue weighted by Crippen LogP contribution is 2.28. The van der Waals surface area contributed by atoms with E-state index in [4.69, 9.17) is 18.9 Å². The quantitative estimate of drug-likeness (QED) is 0.225. The second kappa shape index (κ2) is 13.0. The van der Waals surface area contributed by atoms with Crippen molar-refractivity contribution < 1.29 is 23.7 Å². The van der Waals surface area contributed by atoms with E-state index in [0.717, 1.165) is 23.1 Å². The van der Waals surface area contributed by atoms with Crippen LogP contribution in [-0.4, -0.2) is 46.2 Å². The van der Waals surface area contributed by atoms with Crippen molar-refractivity contribution in [2.75, 3.05) is 34.0 Å². The van der Waals surface area contributed by atoms with E-state index in [0.29, 0.717) is 24.7 Å². The normalized spacial score (nSPS) is 11.0. The van der Waals surface area contributed by atoms with Crippen molar-refractivity contribution >= 4 is 12.2 Å². The van der Waals surface area contributed by atoms with Crippen LogP contribution in [0.4, 0.5) is 0 Å². The summed E-state index contributed by atoms with van der Waals surface area (Å²) in [5, 5.41) is 0. The minimum absolute atomic E-state index is 0.0910. The number of esters is 1. The first-order chi connectivity index (χ1) is 16.2. The maximum absolute atomic E-state index is 12.6. The number of benzene rings is 3. The molecule has 3 aromatic carbocycles. The number of ether oxygens (including phenoxy) is 4. The number of rotatable bonds is 12. The minimum atomic E-state index is -0.483. The summed E-state index contributed by atoms with van der Waals surface area (Å²) in [6.45, 7) is 1.04. The van der Waals surface area contributed by atoms with Gasteiger partial charge >= 0.3 is 5.97 Å². The van der Waals surface area contributed by atoms with Crippen LogP contribution in [0.3, 0.4) is 0 Å². The Morgan fingerprint density at radius 2 is 1.55 bits per heavy atom. The fourth-order valence-electron chi connectivity index (χ4n) is 3.25. The molecule has 172 valence electrons. The lowest BCUT2D eigenvalue weighted by Gasteiger charge is -2.18. The maximum atomic E-state index is 12.6. The molecule has 0 atom stereocenters. The van der Waals surface area contributed by atoms with Crippen LogP contribution in [0.15, 0.2) is 83.9 Å². The summed E-state index contributed by atoms with van der Waals surface area (Å²) >= 11 is 0. The van der Waals surface area contributed by atoms with Crippen molar-refractivity contribution in [3.05, 3.63) is 95.6 Å². The van der Waals surface area contributed by atoms with Gasteiger partial charge in [-0.15, -0.1) is 0 Å². The van der Waals surface area contributed by atoms with Crippen molar-refractivity contribution in [1.82, 2.24) is 0 Å². The maximum Gasteiger partial charge on any atom is 0.328 e. The molecule has 0 amide bonds. The van der Waals surface area contributed by atoms with Crippen LogP contribution < -0.4 is 9.47 Å². The van der Waals surface area contributed by atoms with Crippen molar-refractivity contribution in [1.29, 1.82) is 0 Å². The molecule has 0 radical (unpaired) electrons. The average Bonchev–Trinajstić information content (AvgIpc) is 2.86. The first kappa shape index (κ1) is 24.0. The second-order valence-electron chi connectivity index (χ2n) is 7.27. The van der Waals surface area contributed by atoms with Gasteiger partial charge in [-0.25, -0.2) is 0 Å². The number of nitrogens with zero attached hydrogens (tertiary/aromatic N) is 1. The predicted octanol–water partition coefficient (Wildman–Crippen LogP) is 4.86. The van der Waals surface area contributed by atoms with E-state index < -0.39 is 12.1 Å². The Morgan fingerprint density at radius 3 is 2.15 bits per heavy atom. The van der Waals surface area contributed by atoms with Gasteiger partial charge in [0.1, 0.15) is 6.54 Å². The van der Waals surface area contributed by atoms with Crippen LogP contribution in [0.25, 0.3) is 0 Å². The summed E-state index contributed by atoms with van der Waals surface area (Å²) in [4.78, 5) is 16.8. The van der Waals surface area contributed by atoms with Gasteiger partial charge in [0.25, 0.3) is 0 Å². The van der Waals surface area contributed by atoms with E-state index in [2.05, 4.69) is 4.99 Å². The zero-order valence-electron chi connectivity index (χ0n) is 19.0. The molecular formula is C27H29NO5. The van der Waals surface area contributed by atoms with Gasteiger partial charge in [-0.05, 0) is 34.9 Å². The first-order valence-corrected chi connectivity index (χ1v) is 10.8. The summed E-state index contributed by atoms with van der Waals surface area (Å²) in [6, 6.07) is 24.8. The number of hydrogen-bond donors (Lipinski definition) is 0. The summed E-state index contributed by atoms with van der Waals surface area (Å²) < 4.78 is 22.0. The smallest absolute Gasteiger partial charge is 0.328 e. The topological polar surface area (TPSA) is 66.4 Å². The van der Waals surface area contributed by atoms with Gasteiger partial charge in [0.05, 0.1) is 13.7 Å². The van der Waals surface area contributed by atoms with Gasteiger partial charge in [-0.3, -0.25) is 9.79 Å². The summed E-state index contributed by atoms with van der Waals surface area (Å²) in [6.07, 6.45) is 1.92. The molecule has 33 heavy (non-hydrogen) atoms. The molecule has 0 spiro atoms. The monoisotopic (exact) mass is 447 g/mol. The van der Waals surface area contributed by atoms with E-state index >= 15 is 0 Å². The van der Waals surface area contributed by atoms with E-state index in [-0.39, 0.29) is 6.54 Å². The Hall–Kier alpha value is -3.64. The largest absolute Gasteiger partial charge is 0.493 e. The van der Waals surface area contributed by atoms with Crippen LogP contribution in [0.5, 0.6) is 11.5 Å². The highest BCUT2D eigenvalue weighted by Gasteiger charge is 2.18. The molecule has 3 rings (SSSR count). The molecule has 0 aliphatic rings. The van der Waals surface area contributed by atoms with E-state index in [1.807, 2.05) is 78.9 Å². The fraction of sp³-hybridized carbons (Fsp3) is 0.259. The zero-order valence-corrected chi connectivity index (χ0v) is 19.0. The van der Waals surface area contributed by atoms with E-state index in [9.17, 15) is 4.79 Å². The highest BCUT2D eigenvalue weighted by atomic mass is 16.5. The first-order valence-electron chi connectivity index (χ1n) is 10.8. The summed E-state index contributed by atoms with van der Waals surface area (Å²) in [5.41, 5.74) is 2.62. The van der Waals surface area contributed by atoms with E-state index in [1.54, 1.807) is 20.4 Å². The molecular weight excluding hydrogens is 418 g/mol. The van der Waals surface area contributed by atoms with Gasteiger partial charge in [0.15, 0.2) is 17.6 Å². The Kier molecular flexibility index (Phi) is 9.48.